The van der Waals surface area contributed by atoms with E-state index in [1.807, 2.05) is 35.9 Å². The van der Waals surface area contributed by atoms with Crippen LogP contribution in [-0.2, 0) is 18.2 Å². The van der Waals surface area contributed by atoms with Gasteiger partial charge >= 0.3 is 6.18 Å². The average Bonchev–Trinajstić information content (AvgIpc) is 2.71. The number of hydrogen-bond acceptors (Lipinski definition) is 3. The number of hydrogen-bond donors (Lipinski definition) is 1. The third-order valence-electron chi connectivity index (χ3n) is 3.16. The molecule has 2 rings (SSSR count). The highest BCUT2D eigenvalue weighted by atomic mass is 19.4. The van der Waals surface area contributed by atoms with E-state index >= 15 is 0 Å². The van der Waals surface area contributed by atoms with Gasteiger partial charge in [0.05, 0.1) is 17.1 Å². The fourth-order valence-electron chi connectivity index (χ4n) is 2.10. The van der Waals surface area contributed by atoms with Crippen LogP contribution in [0, 0.1) is 0 Å². The fraction of sp³-hybridized carbons (Fsp3) is 0.500. The average molecular weight is 302 g/mol. The van der Waals surface area contributed by atoms with Gasteiger partial charge in [0, 0.05) is 20.1 Å². The molecule has 0 aliphatic heterocycles. The van der Waals surface area contributed by atoms with Crippen LogP contribution in [0.15, 0.2) is 24.3 Å². The minimum absolute atomic E-state index is 0.134. The lowest BCUT2D eigenvalue weighted by Crippen LogP contribution is -2.20. The van der Waals surface area contributed by atoms with Crippen LogP contribution < -0.4 is 0 Å². The van der Waals surface area contributed by atoms with Crippen LogP contribution in [0.2, 0.25) is 0 Å². The SMILES string of the molecule is Cn1c(CC(O)CCOCC(F)(F)F)nc2ccccc21. The van der Waals surface area contributed by atoms with Gasteiger partial charge in [0.25, 0.3) is 0 Å². The van der Waals surface area contributed by atoms with Crippen LogP contribution in [0.3, 0.4) is 0 Å². The Morgan fingerprint density at radius 3 is 2.71 bits per heavy atom. The standard InChI is InChI=1S/C14H17F3N2O2/c1-19-12-5-3-2-4-11(12)18-13(19)8-10(20)6-7-21-9-14(15,16)17/h2-5,10,20H,6-9H2,1H3. The van der Waals surface area contributed by atoms with Gasteiger partial charge in [-0.2, -0.15) is 13.2 Å². The summed E-state index contributed by atoms with van der Waals surface area (Å²) >= 11 is 0. The van der Waals surface area contributed by atoms with E-state index in [0.29, 0.717) is 5.82 Å². The fourth-order valence-corrected chi connectivity index (χ4v) is 2.10. The molecule has 2 aromatic rings. The van der Waals surface area contributed by atoms with Crippen molar-refractivity contribution < 1.29 is 23.0 Å². The number of aliphatic hydroxyl groups excluding tert-OH is 1. The normalized spacial score (nSPS) is 13.8. The van der Waals surface area contributed by atoms with E-state index in [-0.39, 0.29) is 19.4 Å². The molecule has 0 spiro atoms. The first-order chi connectivity index (χ1) is 9.87. The van der Waals surface area contributed by atoms with E-state index in [1.54, 1.807) is 0 Å². The summed E-state index contributed by atoms with van der Waals surface area (Å²) in [5.41, 5.74) is 1.78. The van der Waals surface area contributed by atoms with Crippen LogP contribution in [0.25, 0.3) is 11.0 Å². The molecule has 4 nitrogen and oxygen atoms in total. The number of fused-ring (bicyclic) bond motifs is 1. The summed E-state index contributed by atoms with van der Waals surface area (Å²) in [6, 6.07) is 7.57. The second-order valence-electron chi connectivity index (χ2n) is 4.89. The lowest BCUT2D eigenvalue weighted by molar-refractivity contribution is -0.175. The van der Waals surface area contributed by atoms with E-state index in [0.717, 1.165) is 11.0 Å². The first kappa shape index (κ1) is 15.8. The van der Waals surface area contributed by atoms with Gasteiger partial charge in [0.1, 0.15) is 12.4 Å². The lowest BCUT2D eigenvalue weighted by atomic mass is 10.2. The number of aryl methyl sites for hydroxylation is 1. The third kappa shape index (κ3) is 4.44. The topological polar surface area (TPSA) is 47.3 Å². The number of ether oxygens (including phenoxy) is 1. The molecule has 116 valence electrons. The van der Waals surface area contributed by atoms with Crippen molar-refractivity contribution in [1.82, 2.24) is 9.55 Å². The van der Waals surface area contributed by atoms with Gasteiger partial charge in [-0.1, -0.05) is 12.1 Å². The van der Waals surface area contributed by atoms with Crippen LogP contribution >= 0.6 is 0 Å². The molecule has 7 heteroatoms. The van der Waals surface area contributed by atoms with Crippen LogP contribution in [0.4, 0.5) is 13.2 Å². The number of benzene rings is 1. The van der Waals surface area contributed by atoms with Crippen molar-refractivity contribution in [3.8, 4) is 0 Å². The molecular weight excluding hydrogens is 285 g/mol. The molecule has 1 atom stereocenters. The molecule has 1 aromatic carbocycles. The Labute approximate surface area is 120 Å². The molecule has 0 saturated carbocycles. The number of para-hydroxylation sites is 2. The molecule has 1 N–H and O–H groups in total. The maximum atomic E-state index is 11.9. The highest BCUT2D eigenvalue weighted by Crippen LogP contribution is 2.17. The number of imidazole rings is 1. The number of halogens is 3. The Kier molecular flexibility index (Phi) is 4.84. The van der Waals surface area contributed by atoms with Gasteiger partial charge in [-0.05, 0) is 18.6 Å². The molecule has 0 aliphatic carbocycles. The van der Waals surface area contributed by atoms with E-state index in [2.05, 4.69) is 9.72 Å². The zero-order valence-corrected chi connectivity index (χ0v) is 11.6. The van der Waals surface area contributed by atoms with Crippen molar-refractivity contribution in [3.63, 3.8) is 0 Å². The summed E-state index contributed by atoms with van der Waals surface area (Å²) in [5, 5.41) is 9.87. The quantitative estimate of drug-likeness (QED) is 0.834. The second kappa shape index (κ2) is 6.44. The number of alkyl halides is 3. The first-order valence-corrected chi connectivity index (χ1v) is 6.60. The number of rotatable bonds is 6. The Balaban J connectivity index is 1.87. The van der Waals surface area contributed by atoms with Crippen molar-refractivity contribution >= 4 is 11.0 Å². The van der Waals surface area contributed by atoms with Crippen molar-refractivity contribution in [2.45, 2.75) is 25.1 Å². The van der Waals surface area contributed by atoms with Crippen LogP contribution in [0.5, 0.6) is 0 Å². The van der Waals surface area contributed by atoms with Gasteiger partial charge < -0.3 is 14.4 Å². The zero-order chi connectivity index (χ0) is 15.5. The van der Waals surface area contributed by atoms with Crippen molar-refractivity contribution in [2.24, 2.45) is 7.05 Å². The third-order valence-corrected chi connectivity index (χ3v) is 3.16. The summed E-state index contributed by atoms with van der Waals surface area (Å²) in [6.07, 6.45) is -4.70. The maximum Gasteiger partial charge on any atom is 0.411 e. The van der Waals surface area contributed by atoms with Crippen molar-refractivity contribution in [1.29, 1.82) is 0 Å². The summed E-state index contributed by atoms with van der Waals surface area (Å²) < 4.78 is 42.0. The van der Waals surface area contributed by atoms with Gasteiger partial charge in [0.15, 0.2) is 0 Å². The molecule has 1 unspecified atom stereocenters. The van der Waals surface area contributed by atoms with Gasteiger partial charge in [-0.15, -0.1) is 0 Å². The smallest absolute Gasteiger partial charge is 0.393 e. The predicted molar refractivity (Wildman–Crippen MR) is 71.9 cm³/mol. The molecule has 1 heterocycles. The molecule has 0 fully saturated rings. The molecule has 0 aliphatic rings. The molecule has 21 heavy (non-hydrogen) atoms. The van der Waals surface area contributed by atoms with E-state index in [1.165, 1.54) is 0 Å². The Morgan fingerprint density at radius 2 is 2.05 bits per heavy atom. The zero-order valence-electron chi connectivity index (χ0n) is 11.6. The minimum Gasteiger partial charge on any atom is -0.393 e. The largest absolute Gasteiger partial charge is 0.411 e. The molecule has 0 saturated heterocycles. The Morgan fingerprint density at radius 1 is 1.33 bits per heavy atom. The summed E-state index contributed by atoms with van der Waals surface area (Å²) in [6.45, 7) is -1.42. The lowest BCUT2D eigenvalue weighted by Gasteiger charge is -2.12. The molecule has 1 aromatic heterocycles. The predicted octanol–water partition coefficient (Wildman–Crippen LogP) is 2.45. The number of aliphatic hydroxyl groups is 1. The molecule has 0 radical (unpaired) electrons. The Bertz CT molecular complexity index is 595. The summed E-state index contributed by atoms with van der Waals surface area (Å²) in [7, 11) is 1.84. The van der Waals surface area contributed by atoms with E-state index in [4.69, 9.17) is 0 Å². The Hall–Kier alpha value is -1.60. The highest BCUT2D eigenvalue weighted by Gasteiger charge is 2.27. The van der Waals surface area contributed by atoms with Crippen LogP contribution in [-0.4, -0.2) is 40.2 Å². The second-order valence-corrected chi connectivity index (χ2v) is 4.89. The van der Waals surface area contributed by atoms with Crippen LogP contribution in [0.1, 0.15) is 12.2 Å². The molecule has 0 bridgehead atoms. The summed E-state index contributed by atoms with van der Waals surface area (Å²) in [4.78, 5) is 4.40. The number of nitrogens with zero attached hydrogens (tertiary/aromatic N) is 2. The van der Waals surface area contributed by atoms with Crippen molar-refractivity contribution in [3.05, 3.63) is 30.1 Å². The maximum absolute atomic E-state index is 11.9. The van der Waals surface area contributed by atoms with Gasteiger partial charge in [-0.25, -0.2) is 4.98 Å². The highest BCUT2D eigenvalue weighted by molar-refractivity contribution is 5.75. The van der Waals surface area contributed by atoms with Gasteiger partial charge in [0.2, 0.25) is 0 Å². The summed E-state index contributed by atoms with van der Waals surface area (Å²) in [5.74, 6) is 0.694. The van der Waals surface area contributed by atoms with Gasteiger partial charge in [-0.3, -0.25) is 0 Å². The van der Waals surface area contributed by atoms with Crippen molar-refractivity contribution in [2.75, 3.05) is 13.2 Å². The minimum atomic E-state index is -4.33. The molecule has 0 amide bonds. The number of aromatic nitrogens is 2. The monoisotopic (exact) mass is 302 g/mol. The van der Waals surface area contributed by atoms with E-state index in [9.17, 15) is 18.3 Å². The molecular formula is C14H17F3N2O2. The first-order valence-electron chi connectivity index (χ1n) is 6.60. The van der Waals surface area contributed by atoms with E-state index < -0.39 is 18.9 Å².